The summed E-state index contributed by atoms with van der Waals surface area (Å²) in [5.41, 5.74) is 5.09. The number of aryl methyl sites for hydroxylation is 1. The van der Waals surface area contributed by atoms with E-state index < -0.39 is 0 Å². The summed E-state index contributed by atoms with van der Waals surface area (Å²) in [4.78, 5) is 21.8. The Morgan fingerprint density at radius 2 is 1.94 bits per heavy atom. The second kappa shape index (κ2) is 9.16. The summed E-state index contributed by atoms with van der Waals surface area (Å²) in [6.45, 7) is 2.45. The number of carbonyl (C=O) groups is 1. The number of rotatable bonds is 6. The minimum Gasteiger partial charge on any atom is -0.346 e. The van der Waals surface area contributed by atoms with Crippen molar-refractivity contribution in [1.29, 1.82) is 0 Å². The van der Waals surface area contributed by atoms with E-state index in [0.29, 0.717) is 29.0 Å². The summed E-state index contributed by atoms with van der Waals surface area (Å²) in [5, 5.41) is 3.73. The number of hydrogen-bond donors (Lipinski definition) is 2. The fourth-order valence-electron chi connectivity index (χ4n) is 3.57. The van der Waals surface area contributed by atoms with E-state index in [1.807, 2.05) is 61.5 Å². The van der Waals surface area contributed by atoms with Crippen LogP contribution in [0.5, 0.6) is 0 Å². The van der Waals surface area contributed by atoms with Crippen molar-refractivity contribution in [2.24, 2.45) is 0 Å². The third-order valence-corrected chi connectivity index (χ3v) is 5.22. The van der Waals surface area contributed by atoms with Gasteiger partial charge in [-0.15, -0.1) is 0 Å². The molecule has 2 heterocycles. The highest BCUT2D eigenvalue weighted by Crippen LogP contribution is 2.33. The first kappa shape index (κ1) is 21.5. The number of nitrogens with zero attached hydrogens (tertiary/aromatic N) is 2. The van der Waals surface area contributed by atoms with Crippen LogP contribution in [0.15, 0.2) is 73.1 Å². The lowest BCUT2D eigenvalue weighted by molar-refractivity contribution is -0.111. The number of pyridine rings is 1. The van der Waals surface area contributed by atoms with Crippen LogP contribution in [0.25, 0.3) is 33.3 Å². The normalized spacial score (nSPS) is 11.5. The van der Waals surface area contributed by atoms with Gasteiger partial charge in [0.25, 0.3) is 0 Å². The van der Waals surface area contributed by atoms with Crippen molar-refractivity contribution in [3.63, 3.8) is 0 Å². The minimum absolute atomic E-state index is 0.180. The minimum atomic E-state index is -0.231. The molecule has 0 aliphatic rings. The number of aromatic amines is 1. The maximum absolute atomic E-state index is 14.7. The van der Waals surface area contributed by atoms with Crippen molar-refractivity contribution >= 4 is 22.6 Å². The van der Waals surface area contributed by atoms with Crippen molar-refractivity contribution in [3.05, 3.63) is 84.5 Å². The number of nitrogens with one attached hydrogen (secondary N) is 2. The van der Waals surface area contributed by atoms with E-state index in [2.05, 4.69) is 15.3 Å². The van der Waals surface area contributed by atoms with Crippen LogP contribution < -0.4 is 5.32 Å². The predicted octanol–water partition coefficient (Wildman–Crippen LogP) is 5.40. The lowest BCUT2D eigenvalue weighted by atomic mass is 10.0. The number of aromatic nitrogens is 2. The van der Waals surface area contributed by atoms with E-state index in [9.17, 15) is 9.18 Å². The number of likely N-dealkylation sites (N-methyl/N-ethyl adjacent to an activating group) is 1. The Kier molecular flexibility index (Phi) is 6.14. The molecule has 2 N–H and O–H groups in total. The van der Waals surface area contributed by atoms with Crippen LogP contribution in [0.2, 0.25) is 0 Å². The summed E-state index contributed by atoms with van der Waals surface area (Å²) in [6, 6.07) is 15.0. The zero-order chi connectivity index (χ0) is 22.7. The van der Waals surface area contributed by atoms with Crippen LogP contribution >= 0.6 is 0 Å². The molecule has 0 aliphatic heterocycles. The zero-order valence-electron chi connectivity index (χ0n) is 18.3. The van der Waals surface area contributed by atoms with E-state index in [0.717, 1.165) is 22.1 Å². The fraction of sp³-hybridized carbons (Fsp3) is 0.154. The Morgan fingerprint density at radius 1 is 1.12 bits per heavy atom. The molecule has 162 valence electrons. The molecule has 0 spiro atoms. The highest BCUT2D eigenvalue weighted by molar-refractivity contribution is 6.00. The van der Waals surface area contributed by atoms with Crippen LogP contribution in [0.4, 0.5) is 10.1 Å². The van der Waals surface area contributed by atoms with Gasteiger partial charge in [-0.3, -0.25) is 4.79 Å². The van der Waals surface area contributed by atoms with Gasteiger partial charge in [-0.05, 0) is 50.3 Å². The van der Waals surface area contributed by atoms with Crippen molar-refractivity contribution in [2.45, 2.75) is 6.92 Å². The molecule has 2 aromatic heterocycles. The molecule has 0 aliphatic carbocycles. The van der Waals surface area contributed by atoms with Gasteiger partial charge in [0.2, 0.25) is 5.91 Å². The molecule has 0 radical (unpaired) electrons. The average Bonchev–Trinajstić information content (AvgIpc) is 3.18. The van der Waals surface area contributed by atoms with E-state index in [1.165, 1.54) is 6.08 Å². The topological polar surface area (TPSA) is 61.0 Å². The van der Waals surface area contributed by atoms with Gasteiger partial charge in [0.15, 0.2) is 0 Å². The number of fused-ring (bicyclic) bond motifs is 1. The Morgan fingerprint density at radius 3 is 2.75 bits per heavy atom. The van der Waals surface area contributed by atoms with E-state index in [4.69, 9.17) is 0 Å². The van der Waals surface area contributed by atoms with Crippen LogP contribution in [0.1, 0.15) is 5.56 Å². The summed E-state index contributed by atoms with van der Waals surface area (Å²) >= 11 is 0. The third kappa shape index (κ3) is 4.60. The molecule has 0 saturated carbocycles. The molecule has 1 amide bonds. The third-order valence-electron chi connectivity index (χ3n) is 5.22. The van der Waals surface area contributed by atoms with Crippen molar-refractivity contribution < 1.29 is 9.18 Å². The number of anilines is 1. The Labute approximate surface area is 186 Å². The molecule has 0 saturated heterocycles. The molecule has 6 heteroatoms. The lowest BCUT2D eigenvalue weighted by Gasteiger charge is -2.08. The Balaban J connectivity index is 1.64. The van der Waals surface area contributed by atoms with Crippen LogP contribution in [0.3, 0.4) is 0 Å². The van der Waals surface area contributed by atoms with Gasteiger partial charge in [0.1, 0.15) is 11.5 Å². The van der Waals surface area contributed by atoms with Gasteiger partial charge >= 0.3 is 0 Å². The number of H-pyrrole nitrogens is 1. The maximum Gasteiger partial charge on any atom is 0.248 e. The number of amides is 1. The summed E-state index contributed by atoms with van der Waals surface area (Å²) in [6.07, 6.45) is 6.90. The van der Waals surface area contributed by atoms with Crippen LogP contribution in [-0.2, 0) is 4.79 Å². The van der Waals surface area contributed by atoms with E-state index in [-0.39, 0.29) is 11.7 Å². The molecule has 2 aromatic carbocycles. The first-order valence-corrected chi connectivity index (χ1v) is 10.4. The maximum atomic E-state index is 14.7. The number of benzene rings is 2. The SMILES string of the molecule is Cc1cccc(-c2c[nH]c3ncc(-c4cccc(NC(=O)C=CCN(C)C)c4)cc23)c1F. The predicted molar refractivity (Wildman–Crippen MR) is 128 cm³/mol. The van der Waals surface area contributed by atoms with Gasteiger partial charge in [-0.1, -0.05) is 36.4 Å². The van der Waals surface area contributed by atoms with Crippen molar-refractivity contribution in [2.75, 3.05) is 26.0 Å². The largest absolute Gasteiger partial charge is 0.346 e. The summed E-state index contributed by atoms with van der Waals surface area (Å²) < 4.78 is 14.7. The fourth-order valence-corrected chi connectivity index (χ4v) is 3.57. The molecule has 4 rings (SSSR count). The second-order valence-electron chi connectivity index (χ2n) is 7.99. The van der Waals surface area contributed by atoms with Crippen molar-refractivity contribution in [3.8, 4) is 22.3 Å². The quantitative estimate of drug-likeness (QED) is 0.404. The number of hydrogen-bond acceptors (Lipinski definition) is 3. The molecular formula is C26H25FN4O. The smallest absolute Gasteiger partial charge is 0.248 e. The molecule has 4 aromatic rings. The monoisotopic (exact) mass is 428 g/mol. The van der Waals surface area contributed by atoms with Crippen molar-refractivity contribution in [1.82, 2.24) is 14.9 Å². The molecule has 0 atom stereocenters. The van der Waals surface area contributed by atoms with E-state index >= 15 is 0 Å². The first-order valence-electron chi connectivity index (χ1n) is 10.4. The van der Waals surface area contributed by atoms with Crippen LogP contribution in [0, 0.1) is 12.7 Å². The standard InChI is InChI=1S/C26H25FN4O/c1-17-7-4-10-21(25(17)27)23-16-29-26-22(23)14-19(15-28-26)18-8-5-9-20(13-18)30-24(32)11-6-12-31(2)3/h4-11,13-16H,12H2,1-3H3,(H,28,29)(H,30,32). The highest BCUT2D eigenvalue weighted by atomic mass is 19.1. The van der Waals surface area contributed by atoms with Gasteiger partial charge < -0.3 is 15.2 Å². The van der Waals surface area contributed by atoms with Gasteiger partial charge in [0, 0.05) is 52.8 Å². The summed E-state index contributed by atoms with van der Waals surface area (Å²) in [5.74, 6) is -0.411. The first-order chi connectivity index (χ1) is 15.4. The second-order valence-corrected chi connectivity index (χ2v) is 7.99. The number of carbonyl (C=O) groups excluding carboxylic acids is 1. The van der Waals surface area contributed by atoms with Crippen LogP contribution in [-0.4, -0.2) is 41.4 Å². The van der Waals surface area contributed by atoms with Gasteiger partial charge in [-0.25, -0.2) is 9.37 Å². The lowest BCUT2D eigenvalue weighted by Crippen LogP contribution is -2.12. The Bertz CT molecular complexity index is 1310. The van der Waals surface area contributed by atoms with Gasteiger partial charge in [0.05, 0.1) is 0 Å². The summed E-state index contributed by atoms with van der Waals surface area (Å²) in [7, 11) is 3.89. The number of halogens is 1. The molecular weight excluding hydrogens is 403 g/mol. The van der Waals surface area contributed by atoms with Gasteiger partial charge in [-0.2, -0.15) is 0 Å². The Hall–Kier alpha value is -3.77. The average molecular weight is 429 g/mol. The zero-order valence-corrected chi connectivity index (χ0v) is 18.3. The molecule has 0 unspecified atom stereocenters. The van der Waals surface area contributed by atoms with E-state index in [1.54, 1.807) is 31.5 Å². The molecule has 0 fully saturated rings. The highest BCUT2D eigenvalue weighted by Gasteiger charge is 2.14. The molecule has 32 heavy (non-hydrogen) atoms. The molecule has 0 bridgehead atoms. The molecule has 5 nitrogen and oxygen atoms in total.